The fourth-order valence-electron chi connectivity index (χ4n) is 1.55. The van der Waals surface area contributed by atoms with Crippen LogP contribution >= 0.6 is 0 Å². The highest BCUT2D eigenvalue weighted by molar-refractivity contribution is 5.95. The molecule has 94 valence electrons. The fraction of sp³-hybridized carbons (Fsp3) is 0.500. The van der Waals surface area contributed by atoms with Crippen LogP contribution in [0.4, 0.5) is 0 Å². The van der Waals surface area contributed by atoms with Crippen LogP contribution in [0.25, 0.3) is 0 Å². The van der Waals surface area contributed by atoms with E-state index >= 15 is 0 Å². The first kappa shape index (κ1) is 13.3. The van der Waals surface area contributed by atoms with Gasteiger partial charge in [0, 0.05) is 12.5 Å². The van der Waals surface area contributed by atoms with Crippen molar-refractivity contribution in [3.05, 3.63) is 23.7 Å². The molecule has 17 heavy (non-hydrogen) atoms. The predicted molar refractivity (Wildman–Crippen MR) is 61.9 cm³/mol. The molecule has 1 rings (SSSR count). The van der Waals surface area contributed by atoms with Gasteiger partial charge in [0.05, 0.1) is 11.8 Å². The van der Waals surface area contributed by atoms with Crippen molar-refractivity contribution < 1.29 is 19.1 Å². The zero-order valence-electron chi connectivity index (χ0n) is 10.0. The first-order chi connectivity index (χ1) is 8.00. The molecule has 0 saturated heterocycles. The van der Waals surface area contributed by atoms with Crippen LogP contribution in [-0.2, 0) is 4.79 Å². The van der Waals surface area contributed by atoms with Crippen molar-refractivity contribution in [3.63, 3.8) is 0 Å². The Morgan fingerprint density at radius 3 is 2.76 bits per heavy atom. The Kier molecular flexibility index (Phi) is 4.75. The molecule has 2 N–H and O–H groups in total. The van der Waals surface area contributed by atoms with Crippen molar-refractivity contribution in [2.45, 2.75) is 39.2 Å². The van der Waals surface area contributed by atoms with Gasteiger partial charge in [-0.2, -0.15) is 0 Å². The molecule has 1 unspecified atom stereocenters. The smallest absolute Gasteiger partial charge is 0.303 e. The quantitative estimate of drug-likeness (QED) is 0.795. The standard InChI is InChI=1S/C12H17NO4/c1-8(4-3-5-11(14)15)13-12(16)10-6-7-17-9(10)2/h6-8H,3-5H2,1-2H3,(H,13,16)(H,14,15). The molecule has 0 aliphatic rings. The van der Waals surface area contributed by atoms with Crippen molar-refractivity contribution in [3.8, 4) is 0 Å². The number of hydrogen-bond donors (Lipinski definition) is 2. The van der Waals surface area contributed by atoms with E-state index in [0.717, 1.165) is 0 Å². The number of aryl methyl sites for hydroxylation is 1. The number of carboxylic acids is 1. The highest BCUT2D eigenvalue weighted by Gasteiger charge is 2.13. The Balaban J connectivity index is 2.36. The summed E-state index contributed by atoms with van der Waals surface area (Å²) in [7, 11) is 0. The zero-order chi connectivity index (χ0) is 12.8. The maximum Gasteiger partial charge on any atom is 0.303 e. The molecule has 1 atom stereocenters. The lowest BCUT2D eigenvalue weighted by atomic mass is 10.1. The first-order valence-corrected chi connectivity index (χ1v) is 5.57. The Bertz CT molecular complexity index is 397. The Labute approximate surface area is 99.8 Å². The average molecular weight is 239 g/mol. The minimum atomic E-state index is -0.811. The summed E-state index contributed by atoms with van der Waals surface area (Å²) in [5.41, 5.74) is 0.523. The van der Waals surface area contributed by atoms with Crippen molar-refractivity contribution in [1.29, 1.82) is 0 Å². The number of hydrogen-bond acceptors (Lipinski definition) is 3. The van der Waals surface area contributed by atoms with Crippen LogP contribution < -0.4 is 5.32 Å². The van der Waals surface area contributed by atoms with Gasteiger partial charge in [-0.3, -0.25) is 9.59 Å². The maximum atomic E-state index is 11.7. The van der Waals surface area contributed by atoms with E-state index in [0.29, 0.717) is 24.2 Å². The second-order valence-corrected chi connectivity index (χ2v) is 4.05. The lowest BCUT2D eigenvalue weighted by molar-refractivity contribution is -0.137. The maximum absolute atomic E-state index is 11.7. The molecule has 0 radical (unpaired) electrons. The van der Waals surface area contributed by atoms with E-state index in [2.05, 4.69) is 5.32 Å². The third kappa shape index (κ3) is 4.30. The van der Waals surface area contributed by atoms with Gasteiger partial charge in [0.1, 0.15) is 5.76 Å². The summed E-state index contributed by atoms with van der Waals surface area (Å²) >= 11 is 0. The van der Waals surface area contributed by atoms with E-state index in [9.17, 15) is 9.59 Å². The Hall–Kier alpha value is -1.78. The topological polar surface area (TPSA) is 79.5 Å². The molecule has 0 aliphatic heterocycles. The van der Waals surface area contributed by atoms with Crippen LogP contribution in [-0.4, -0.2) is 23.0 Å². The molecular formula is C12H17NO4. The summed E-state index contributed by atoms with van der Waals surface area (Å²) in [6.45, 7) is 3.58. The third-order valence-corrected chi connectivity index (χ3v) is 2.51. The van der Waals surface area contributed by atoms with E-state index in [-0.39, 0.29) is 18.4 Å². The summed E-state index contributed by atoms with van der Waals surface area (Å²) in [5.74, 6) is -0.409. The second-order valence-electron chi connectivity index (χ2n) is 4.05. The van der Waals surface area contributed by atoms with E-state index in [1.165, 1.54) is 6.26 Å². The lowest BCUT2D eigenvalue weighted by Crippen LogP contribution is -2.32. The summed E-state index contributed by atoms with van der Waals surface area (Å²) in [5, 5.41) is 11.3. The lowest BCUT2D eigenvalue weighted by Gasteiger charge is -2.12. The number of rotatable bonds is 6. The zero-order valence-corrected chi connectivity index (χ0v) is 10.0. The summed E-state index contributed by atoms with van der Waals surface area (Å²) in [6, 6.07) is 1.57. The van der Waals surface area contributed by atoms with Gasteiger partial charge in [0.2, 0.25) is 0 Å². The van der Waals surface area contributed by atoms with Crippen molar-refractivity contribution in [1.82, 2.24) is 5.32 Å². The molecule has 5 heteroatoms. The summed E-state index contributed by atoms with van der Waals surface area (Å²) in [4.78, 5) is 22.1. The molecular weight excluding hydrogens is 222 g/mol. The van der Waals surface area contributed by atoms with Crippen LogP contribution in [0, 0.1) is 6.92 Å². The van der Waals surface area contributed by atoms with Gasteiger partial charge in [0.25, 0.3) is 5.91 Å². The van der Waals surface area contributed by atoms with E-state index in [1.54, 1.807) is 13.0 Å². The summed E-state index contributed by atoms with van der Waals surface area (Å²) < 4.78 is 5.04. The molecule has 1 aromatic heterocycles. The van der Waals surface area contributed by atoms with Crippen LogP contribution in [0.15, 0.2) is 16.7 Å². The van der Waals surface area contributed by atoms with Crippen LogP contribution in [0.1, 0.15) is 42.3 Å². The molecule has 0 fully saturated rings. The molecule has 0 aromatic carbocycles. The van der Waals surface area contributed by atoms with E-state index in [1.807, 2.05) is 6.92 Å². The number of carboxylic acid groups (broad SMARTS) is 1. The predicted octanol–water partition coefficient (Wildman–Crippen LogP) is 1.96. The number of amides is 1. The highest BCUT2D eigenvalue weighted by atomic mass is 16.4. The van der Waals surface area contributed by atoms with Gasteiger partial charge in [-0.15, -0.1) is 0 Å². The molecule has 0 saturated carbocycles. The van der Waals surface area contributed by atoms with E-state index < -0.39 is 5.97 Å². The molecule has 1 aromatic rings. The van der Waals surface area contributed by atoms with Gasteiger partial charge in [-0.1, -0.05) is 0 Å². The van der Waals surface area contributed by atoms with Crippen LogP contribution in [0.5, 0.6) is 0 Å². The molecule has 0 bridgehead atoms. The summed E-state index contributed by atoms with van der Waals surface area (Å²) in [6.07, 6.45) is 2.81. The molecule has 5 nitrogen and oxygen atoms in total. The molecule has 1 heterocycles. The SMILES string of the molecule is Cc1occc1C(=O)NC(C)CCCC(=O)O. The minimum Gasteiger partial charge on any atom is -0.481 e. The van der Waals surface area contributed by atoms with Gasteiger partial charge < -0.3 is 14.8 Å². The van der Waals surface area contributed by atoms with Crippen molar-refractivity contribution in [2.75, 3.05) is 0 Å². The number of furan rings is 1. The highest BCUT2D eigenvalue weighted by Crippen LogP contribution is 2.09. The van der Waals surface area contributed by atoms with Crippen LogP contribution in [0.2, 0.25) is 0 Å². The number of aliphatic carboxylic acids is 1. The van der Waals surface area contributed by atoms with Crippen LogP contribution in [0.3, 0.4) is 0 Å². The van der Waals surface area contributed by atoms with Gasteiger partial charge in [-0.25, -0.2) is 0 Å². The second kappa shape index (κ2) is 6.08. The van der Waals surface area contributed by atoms with Crippen molar-refractivity contribution in [2.24, 2.45) is 0 Å². The Morgan fingerprint density at radius 1 is 1.53 bits per heavy atom. The monoisotopic (exact) mass is 239 g/mol. The largest absolute Gasteiger partial charge is 0.481 e. The number of carbonyl (C=O) groups is 2. The van der Waals surface area contributed by atoms with Gasteiger partial charge >= 0.3 is 5.97 Å². The van der Waals surface area contributed by atoms with E-state index in [4.69, 9.17) is 9.52 Å². The average Bonchev–Trinajstić information content (AvgIpc) is 2.63. The molecule has 0 spiro atoms. The number of nitrogens with one attached hydrogen (secondary N) is 1. The fourth-order valence-corrected chi connectivity index (χ4v) is 1.55. The Morgan fingerprint density at radius 2 is 2.24 bits per heavy atom. The van der Waals surface area contributed by atoms with Gasteiger partial charge in [0.15, 0.2) is 0 Å². The molecule has 0 aliphatic carbocycles. The normalized spacial score (nSPS) is 12.1. The minimum absolute atomic E-state index is 0.0452. The number of carbonyl (C=O) groups excluding carboxylic acids is 1. The first-order valence-electron chi connectivity index (χ1n) is 5.57. The van der Waals surface area contributed by atoms with Gasteiger partial charge in [-0.05, 0) is 32.8 Å². The third-order valence-electron chi connectivity index (χ3n) is 2.51. The van der Waals surface area contributed by atoms with Crippen molar-refractivity contribution >= 4 is 11.9 Å². The molecule has 1 amide bonds.